The molecule has 2 atom stereocenters. The summed E-state index contributed by atoms with van der Waals surface area (Å²) in [5, 5.41) is 3.60. The molecule has 1 aromatic rings. The maximum absolute atomic E-state index is 5.53. The number of para-hydroxylation sites is 2. The van der Waals surface area contributed by atoms with Crippen molar-refractivity contribution in [2.24, 2.45) is 5.92 Å². The molecule has 1 saturated heterocycles. The van der Waals surface area contributed by atoms with E-state index in [1.165, 1.54) is 0 Å². The smallest absolute Gasteiger partial charge is 0.142 e. The van der Waals surface area contributed by atoms with Crippen molar-refractivity contribution in [3.8, 4) is 5.75 Å². The van der Waals surface area contributed by atoms with Gasteiger partial charge in [-0.1, -0.05) is 19.1 Å². The summed E-state index contributed by atoms with van der Waals surface area (Å²) >= 11 is 0. The number of ether oxygens (including phenoxy) is 2. The van der Waals surface area contributed by atoms with E-state index in [1.807, 2.05) is 12.1 Å². The molecule has 2 rings (SSSR count). The molecule has 1 N–H and O–H groups in total. The molecule has 0 bridgehead atoms. The van der Waals surface area contributed by atoms with Crippen LogP contribution >= 0.6 is 0 Å². The van der Waals surface area contributed by atoms with Crippen LogP contribution in [0.2, 0.25) is 0 Å². The summed E-state index contributed by atoms with van der Waals surface area (Å²) in [5.41, 5.74) is 1.14. The lowest BCUT2D eigenvalue weighted by molar-refractivity contribution is 0.177. The first-order chi connectivity index (χ1) is 9.76. The number of rotatable bonds is 7. The molecule has 0 amide bonds. The number of likely N-dealkylation sites (N-methyl/N-ethyl adjacent to an activating group) is 2. The van der Waals surface area contributed by atoms with Gasteiger partial charge in [-0.3, -0.25) is 0 Å². The normalized spacial score (nSPS) is 19.9. The third-order valence-corrected chi connectivity index (χ3v) is 3.97. The van der Waals surface area contributed by atoms with E-state index >= 15 is 0 Å². The van der Waals surface area contributed by atoms with Gasteiger partial charge < -0.3 is 19.7 Å². The Morgan fingerprint density at radius 3 is 2.90 bits per heavy atom. The second-order valence-electron chi connectivity index (χ2n) is 5.34. The fourth-order valence-corrected chi connectivity index (χ4v) is 2.85. The lowest BCUT2D eigenvalue weighted by Crippen LogP contribution is -2.45. The third-order valence-electron chi connectivity index (χ3n) is 3.97. The van der Waals surface area contributed by atoms with Gasteiger partial charge in [0.15, 0.2) is 0 Å². The Hall–Kier alpha value is -1.26. The average molecular weight is 278 g/mol. The van der Waals surface area contributed by atoms with E-state index in [9.17, 15) is 0 Å². The minimum atomic E-state index is 0.456. The number of hydrogen-bond donors (Lipinski definition) is 1. The Labute approximate surface area is 122 Å². The summed E-state index contributed by atoms with van der Waals surface area (Å²) in [4.78, 5) is 2.27. The molecule has 1 aromatic carbocycles. The first-order valence-corrected chi connectivity index (χ1v) is 7.41. The van der Waals surface area contributed by atoms with Crippen molar-refractivity contribution in [1.29, 1.82) is 0 Å². The fraction of sp³-hybridized carbons (Fsp3) is 0.625. The molecule has 1 heterocycles. The van der Waals surface area contributed by atoms with Gasteiger partial charge in [-0.15, -0.1) is 0 Å². The van der Waals surface area contributed by atoms with Crippen LogP contribution < -0.4 is 15.0 Å². The van der Waals surface area contributed by atoms with Crippen LogP contribution in [0.25, 0.3) is 0 Å². The molecule has 4 heteroatoms. The number of anilines is 1. The van der Waals surface area contributed by atoms with Gasteiger partial charge in [0.25, 0.3) is 0 Å². The molecule has 1 fully saturated rings. The summed E-state index contributed by atoms with van der Waals surface area (Å²) in [6, 6.07) is 8.62. The quantitative estimate of drug-likeness (QED) is 0.828. The van der Waals surface area contributed by atoms with Crippen LogP contribution in [0.4, 0.5) is 5.69 Å². The molecule has 0 saturated carbocycles. The van der Waals surface area contributed by atoms with Gasteiger partial charge >= 0.3 is 0 Å². The molecule has 1 aliphatic heterocycles. The summed E-state index contributed by atoms with van der Waals surface area (Å²) in [6.45, 7) is 5.87. The first-order valence-electron chi connectivity index (χ1n) is 7.41. The largest absolute Gasteiger partial charge is 0.495 e. The molecule has 20 heavy (non-hydrogen) atoms. The van der Waals surface area contributed by atoms with Crippen molar-refractivity contribution in [3.63, 3.8) is 0 Å². The van der Waals surface area contributed by atoms with Gasteiger partial charge in [0.1, 0.15) is 5.75 Å². The average Bonchev–Trinajstić information content (AvgIpc) is 3.00. The minimum Gasteiger partial charge on any atom is -0.495 e. The van der Waals surface area contributed by atoms with Gasteiger partial charge in [-0.05, 0) is 25.1 Å². The summed E-state index contributed by atoms with van der Waals surface area (Å²) in [7, 11) is 3.84. The number of methoxy groups -OCH3 is 1. The van der Waals surface area contributed by atoms with Crippen molar-refractivity contribution in [1.82, 2.24) is 5.32 Å². The number of hydrogen-bond acceptors (Lipinski definition) is 4. The van der Waals surface area contributed by atoms with E-state index in [4.69, 9.17) is 9.47 Å². The second-order valence-corrected chi connectivity index (χ2v) is 5.34. The van der Waals surface area contributed by atoms with Crippen LogP contribution in [-0.4, -0.2) is 46.5 Å². The topological polar surface area (TPSA) is 33.7 Å². The predicted molar refractivity (Wildman–Crippen MR) is 82.7 cm³/mol. The van der Waals surface area contributed by atoms with E-state index in [0.717, 1.165) is 44.2 Å². The number of nitrogens with one attached hydrogen (secondary N) is 1. The van der Waals surface area contributed by atoms with Gasteiger partial charge in [0.05, 0.1) is 19.4 Å². The van der Waals surface area contributed by atoms with E-state index in [1.54, 1.807) is 7.11 Å². The van der Waals surface area contributed by atoms with E-state index < -0.39 is 0 Å². The van der Waals surface area contributed by atoms with Crippen LogP contribution in [0.1, 0.15) is 13.3 Å². The van der Waals surface area contributed by atoms with Gasteiger partial charge in [-0.2, -0.15) is 0 Å². The highest BCUT2D eigenvalue weighted by Crippen LogP contribution is 2.27. The molecular weight excluding hydrogens is 252 g/mol. The van der Waals surface area contributed by atoms with Crippen LogP contribution in [0.15, 0.2) is 24.3 Å². The Morgan fingerprint density at radius 2 is 2.25 bits per heavy atom. The maximum Gasteiger partial charge on any atom is 0.142 e. The lowest BCUT2D eigenvalue weighted by Gasteiger charge is -2.30. The van der Waals surface area contributed by atoms with Crippen LogP contribution in [0.3, 0.4) is 0 Å². The fourth-order valence-electron chi connectivity index (χ4n) is 2.85. The van der Waals surface area contributed by atoms with Gasteiger partial charge in [0.2, 0.25) is 0 Å². The van der Waals surface area contributed by atoms with Crippen molar-refractivity contribution in [2.45, 2.75) is 19.4 Å². The maximum atomic E-state index is 5.53. The van der Waals surface area contributed by atoms with Crippen LogP contribution in [-0.2, 0) is 4.74 Å². The summed E-state index contributed by atoms with van der Waals surface area (Å²) < 4.78 is 11.0. The highest BCUT2D eigenvalue weighted by Gasteiger charge is 2.26. The molecule has 1 aliphatic rings. The zero-order valence-electron chi connectivity index (χ0n) is 12.8. The second kappa shape index (κ2) is 7.50. The minimum absolute atomic E-state index is 0.456. The molecule has 0 radical (unpaired) electrons. The highest BCUT2D eigenvalue weighted by molar-refractivity contribution is 5.57. The summed E-state index contributed by atoms with van der Waals surface area (Å²) in [6.07, 6.45) is 1.15. The van der Waals surface area contributed by atoms with Crippen molar-refractivity contribution >= 4 is 5.69 Å². The standard InChI is InChI=1S/C16H26N2O2/c1-4-17-14(13-9-10-20-12-13)11-18(2)15-7-5-6-8-16(15)19-3/h5-8,13-14,17H,4,9-12H2,1-3H3. The van der Waals surface area contributed by atoms with Crippen molar-refractivity contribution < 1.29 is 9.47 Å². The van der Waals surface area contributed by atoms with Crippen LogP contribution in [0, 0.1) is 5.92 Å². The lowest BCUT2D eigenvalue weighted by atomic mass is 9.98. The predicted octanol–water partition coefficient (Wildman–Crippen LogP) is 2.15. The van der Waals surface area contributed by atoms with Crippen LogP contribution in [0.5, 0.6) is 5.75 Å². The molecular formula is C16H26N2O2. The molecule has 0 aromatic heterocycles. The Balaban J connectivity index is 2.05. The Morgan fingerprint density at radius 1 is 1.45 bits per heavy atom. The summed E-state index contributed by atoms with van der Waals surface area (Å²) in [5.74, 6) is 1.53. The van der Waals surface area contributed by atoms with Gasteiger partial charge in [-0.25, -0.2) is 0 Å². The Bertz CT molecular complexity index is 405. The molecule has 4 nitrogen and oxygen atoms in total. The van der Waals surface area contributed by atoms with E-state index in [2.05, 4.69) is 36.3 Å². The molecule has 2 unspecified atom stereocenters. The number of benzene rings is 1. The zero-order valence-corrected chi connectivity index (χ0v) is 12.8. The van der Waals surface area contributed by atoms with Crippen molar-refractivity contribution in [2.75, 3.05) is 45.4 Å². The van der Waals surface area contributed by atoms with E-state index in [-0.39, 0.29) is 0 Å². The molecule has 0 aliphatic carbocycles. The molecule has 0 spiro atoms. The monoisotopic (exact) mass is 278 g/mol. The number of nitrogens with zero attached hydrogens (tertiary/aromatic N) is 1. The Kier molecular flexibility index (Phi) is 5.68. The zero-order chi connectivity index (χ0) is 14.4. The van der Waals surface area contributed by atoms with E-state index in [0.29, 0.717) is 12.0 Å². The van der Waals surface area contributed by atoms with Crippen molar-refractivity contribution in [3.05, 3.63) is 24.3 Å². The first kappa shape index (κ1) is 15.1. The highest BCUT2D eigenvalue weighted by atomic mass is 16.5. The molecule has 112 valence electrons. The third kappa shape index (κ3) is 3.64. The SMILES string of the molecule is CCNC(CN(C)c1ccccc1OC)C1CCOC1. The van der Waals surface area contributed by atoms with Gasteiger partial charge in [0, 0.05) is 32.2 Å².